The van der Waals surface area contributed by atoms with E-state index in [1.165, 1.54) is 12.5 Å². The van der Waals surface area contributed by atoms with Crippen LogP contribution in [0.15, 0.2) is 42.9 Å². The van der Waals surface area contributed by atoms with Gasteiger partial charge in [-0.1, -0.05) is 23.7 Å². The lowest BCUT2D eigenvalue weighted by molar-refractivity contribution is 0.101. The number of aliphatic hydroxyl groups excluding tert-OH is 1. The molecule has 10 nitrogen and oxygen atoms in total. The van der Waals surface area contributed by atoms with E-state index in [1.54, 1.807) is 12.1 Å². The molecule has 13 heteroatoms. The highest BCUT2D eigenvalue weighted by molar-refractivity contribution is 7.84. The average Bonchev–Trinajstić information content (AvgIpc) is 3.39. The highest BCUT2D eigenvalue weighted by Crippen LogP contribution is 2.31. The fraction of sp³-hybridized carbons (Fsp3) is 0.304. The minimum absolute atomic E-state index is 0.219. The number of carbonyl (C=O) groups is 1. The monoisotopic (exact) mass is 547 g/mol. The number of nitrogens with two attached hydrogens (primary N) is 1. The third kappa shape index (κ3) is 6.44. The zero-order valence-electron chi connectivity index (χ0n) is 18.8. The van der Waals surface area contributed by atoms with E-state index < -0.39 is 22.3 Å². The Labute approximate surface area is 217 Å². The summed E-state index contributed by atoms with van der Waals surface area (Å²) in [5, 5.41) is 28.5. The molecule has 0 spiro atoms. The fourth-order valence-corrected chi connectivity index (χ4v) is 5.66. The number of hydrogen-bond acceptors (Lipinski definition) is 10. The number of aliphatic hydroxyl groups is 1. The van der Waals surface area contributed by atoms with Crippen LogP contribution in [0.2, 0.25) is 5.02 Å². The van der Waals surface area contributed by atoms with Crippen LogP contribution in [-0.2, 0) is 20.9 Å². The van der Waals surface area contributed by atoms with Crippen molar-refractivity contribution in [1.82, 2.24) is 9.97 Å². The number of benzene rings is 1. The maximum atomic E-state index is 13.4. The van der Waals surface area contributed by atoms with E-state index in [0.29, 0.717) is 34.0 Å². The second kappa shape index (κ2) is 11.0. The summed E-state index contributed by atoms with van der Waals surface area (Å²) in [6.07, 6.45) is 3.02. The Hall–Kier alpha value is -2.92. The van der Waals surface area contributed by atoms with Gasteiger partial charge in [0, 0.05) is 23.2 Å². The molecule has 2 aromatic heterocycles. The van der Waals surface area contributed by atoms with Crippen molar-refractivity contribution >= 4 is 44.8 Å². The van der Waals surface area contributed by atoms with Crippen molar-refractivity contribution in [2.75, 3.05) is 11.9 Å². The molecule has 188 valence electrons. The van der Waals surface area contributed by atoms with Crippen LogP contribution >= 0.6 is 22.9 Å². The lowest BCUT2D eigenvalue weighted by Crippen LogP contribution is -2.24. The predicted molar refractivity (Wildman–Crippen MR) is 134 cm³/mol. The molecule has 4 rings (SSSR count). The van der Waals surface area contributed by atoms with Crippen molar-refractivity contribution in [3.63, 3.8) is 0 Å². The van der Waals surface area contributed by atoms with Crippen molar-refractivity contribution in [2.24, 2.45) is 11.1 Å². The number of halogens is 1. The van der Waals surface area contributed by atoms with Gasteiger partial charge >= 0.3 is 10.3 Å². The third-order valence-electron chi connectivity index (χ3n) is 5.82. The van der Waals surface area contributed by atoms with Gasteiger partial charge < -0.3 is 10.4 Å². The van der Waals surface area contributed by atoms with Crippen LogP contribution < -0.4 is 10.5 Å². The maximum Gasteiger partial charge on any atom is 0.333 e. The standard InChI is InChI=1S/C23H22ClN5O5S2/c24-16-3-1-2-13(5-16)4-14-7-20(35-21(14)9-25)22(31)18-10-27-12-28-23(18)29-17-6-15(19(30)8-17)11-34-36(26,32)33/h1-3,5,7,10,12,15,17,19,30H,4,6,8,11H2,(H2,26,32,33)(H,27,28,29)/t15?,17?,19-/m0/s1. The minimum atomic E-state index is -4.11. The van der Waals surface area contributed by atoms with Gasteiger partial charge in [-0.15, -0.1) is 11.3 Å². The Morgan fingerprint density at radius 3 is 2.89 bits per heavy atom. The molecule has 0 radical (unpaired) electrons. The van der Waals surface area contributed by atoms with Gasteiger partial charge in [-0.3, -0.25) is 8.98 Å². The van der Waals surface area contributed by atoms with Crippen molar-refractivity contribution in [1.29, 1.82) is 5.26 Å². The van der Waals surface area contributed by atoms with Crippen LogP contribution in [0.4, 0.5) is 5.82 Å². The molecule has 1 aliphatic carbocycles. The first kappa shape index (κ1) is 26.2. The topological polar surface area (TPSA) is 168 Å². The van der Waals surface area contributed by atoms with Gasteiger partial charge in [-0.25, -0.2) is 15.1 Å². The van der Waals surface area contributed by atoms with Crippen LogP contribution in [0.25, 0.3) is 0 Å². The smallest absolute Gasteiger partial charge is 0.333 e. The molecule has 3 aromatic rings. The Balaban J connectivity index is 1.51. The molecule has 0 saturated heterocycles. The summed E-state index contributed by atoms with van der Waals surface area (Å²) in [5.41, 5.74) is 1.86. The summed E-state index contributed by atoms with van der Waals surface area (Å²) in [6, 6.07) is 10.9. The number of carbonyl (C=O) groups excluding carboxylic acids is 1. The molecular formula is C23H22ClN5O5S2. The summed E-state index contributed by atoms with van der Waals surface area (Å²) in [4.78, 5) is 22.4. The van der Waals surface area contributed by atoms with E-state index in [0.717, 1.165) is 22.5 Å². The van der Waals surface area contributed by atoms with Crippen molar-refractivity contribution in [3.05, 3.63) is 74.3 Å². The summed E-state index contributed by atoms with van der Waals surface area (Å²) >= 11 is 7.17. The molecule has 2 heterocycles. The van der Waals surface area contributed by atoms with Crippen LogP contribution in [0.5, 0.6) is 0 Å². The lowest BCUT2D eigenvalue weighted by Gasteiger charge is -2.15. The quantitative estimate of drug-likeness (QED) is 0.341. The molecule has 1 aromatic carbocycles. The fourth-order valence-electron chi connectivity index (χ4n) is 4.15. The number of rotatable bonds is 9. The van der Waals surface area contributed by atoms with Crippen molar-refractivity contribution < 1.29 is 22.5 Å². The van der Waals surface area contributed by atoms with Crippen LogP contribution in [-0.4, -0.2) is 48.0 Å². The molecule has 0 bridgehead atoms. The number of aromatic nitrogens is 2. The number of nitriles is 1. The average molecular weight is 548 g/mol. The summed E-state index contributed by atoms with van der Waals surface area (Å²) < 4.78 is 26.8. The van der Waals surface area contributed by atoms with Gasteiger partial charge in [0.1, 0.15) is 23.1 Å². The summed E-state index contributed by atoms with van der Waals surface area (Å²) in [7, 11) is -4.11. The molecule has 36 heavy (non-hydrogen) atoms. The van der Waals surface area contributed by atoms with Crippen molar-refractivity contribution in [2.45, 2.75) is 31.4 Å². The number of hydrogen-bond donors (Lipinski definition) is 3. The van der Waals surface area contributed by atoms with E-state index in [-0.39, 0.29) is 29.8 Å². The van der Waals surface area contributed by atoms with Crippen molar-refractivity contribution in [3.8, 4) is 6.07 Å². The van der Waals surface area contributed by atoms with Gasteiger partial charge in [-0.2, -0.15) is 13.7 Å². The van der Waals surface area contributed by atoms with E-state index in [9.17, 15) is 23.6 Å². The third-order valence-corrected chi connectivity index (χ3v) is 7.60. The van der Waals surface area contributed by atoms with Gasteiger partial charge in [0.25, 0.3) is 0 Å². The second-order valence-electron chi connectivity index (χ2n) is 8.42. The largest absolute Gasteiger partial charge is 0.393 e. The molecular weight excluding hydrogens is 526 g/mol. The highest BCUT2D eigenvalue weighted by Gasteiger charge is 2.35. The minimum Gasteiger partial charge on any atom is -0.393 e. The first-order chi connectivity index (χ1) is 17.1. The van der Waals surface area contributed by atoms with Gasteiger partial charge in [0.15, 0.2) is 0 Å². The van der Waals surface area contributed by atoms with E-state index in [1.807, 2.05) is 18.2 Å². The molecule has 0 aliphatic heterocycles. The van der Waals surface area contributed by atoms with E-state index in [4.69, 9.17) is 16.7 Å². The van der Waals surface area contributed by atoms with Gasteiger partial charge in [-0.05, 0) is 48.6 Å². The maximum absolute atomic E-state index is 13.4. The van der Waals surface area contributed by atoms with E-state index >= 15 is 0 Å². The molecule has 1 fully saturated rings. The number of nitrogens with one attached hydrogen (secondary N) is 1. The normalized spacial score (nSPS) is 19.7. The van der Waals surface area contributed by atoms with Gasteiger partial charge in [0.05, 0.1) is 23.2 Å². The summed E-state index contributed by atoms with van der Waals surface area (Å²) in [6.45, 7) is -0.241. The SMILES string of the molecule is N#Cc1sc(C(=O)c2cncnc2NC2CC(COS(N)(=O)=O)[C@@H](O)C2)cc1Cc1cccc(Cl)c1. The molecule has 4 N–H and O–H groups in total. The zero-order valence-corrected chi connectivity index (χ0v) is 21.2. The Morgan fingerprint density at radius 2 is 2.17 bits per heavy atom. The number of thiophene rings is 1. The first-order valence-corrected chi connectivity index (χ1v) is 13.5. The Morgan fingerprint density at radius 1 is 1.36 bits per heavy atom. The Bertz CT molecular complexity index is 1420. The Kier molecular flexibility index (Phi) is 7.99. The second-order valence-corrected chi connectivity index (χ2v) is 11.1. The highest BCUT2D eigenvalue weighted by atomic mass is 35.5. The first-order valence-electron chi connectivity index (χ1n) is 10.9. The number of nitrogens with zero attached hydrogens (tertiary/aromatic N) is 3. The predicted octanol–water partition coefficient (Wildman–Crippen LogP) is 2.66. The van der Waals surface area contributed by atoms with Crippen LogP contribution in [0.3, 0.4) is 0 Å². The molecule has 1 aliphatic rings. The molecule has 1 saturated carbocycles. The molecule has 0 amide bonds. The van der Waals surface area contributed by atoms with Gasteiger partial charge in [0.2, 0.25) is 5.78 Å². The number of ketones is 1. The lowest BCUT2D eigenvalue weighted by atomic mass is 10.0. The number of anilines is 1. The molecule has 3 atom stereocenters. The van der Waals surface area contributed by atoms with Crippen LogP contribution in [0, 0.1) is 17.2 Å². The van der Waals surface area contributed by atoms with E-state index in [2.05, 4.69) is 25.5 Å². The summed E-state index contributed by atoms with van der Waals surface area (Å²) in [5.74, 6) is -0.514. The van der Waals surface area contributed by atoms with Crippen LogP contribution in [0.1, 0.15) is 44.1 Å². The zero-order chi connectivity index (χ0) is 25.9. The molecule has 2 unspecified atom stereocenters.